The number of carbonyl (C=O) groups excluding carboxylic acids is 3. The number of likely N-dealkylation sites (tertiary alicyclic amines) is 1. The molecule has 2 aromatic rings. The summed E-state index contributed by atoms with van der Waals surface area (Å²) in [6, 6.07) is 9.95. The van der Waals surface area contributed by atoms with Gasteiger partial charge in [0.15, 0.2) is 5.76 Å². The summed E-state index contributed by atoms with van der Waals surface area (Å²) in [5, 5.41) is 5.59. The molecule has 1 aromatic carbocycles. The second-order valence-corrected chi connectivity index (χ2v) is 8.22. The molecule has 30 heavy (non-hydrogen) atoms. The van der Waals surface area contributed by atoms with Gasteiger partial charge in [0.1, 0.15) is 5.60 Å². The van der Waals surface area contributed by atoms with Gasteiger partial charge in [-0.15, -0.1) is 0 Å². The number of nitrogens with zero attached hydrogens (tertiary/aromatic N) is 1. The molecule has 0 unspecified atom stereocenters. The number of ether oxygens (including phenoxy) is 1. The van der Waals surface area contributed by atoms with Gasteiger partial charge in [-0.05, 0) is 70.0 Å². The Balaban J connectivity index is 1.49. The molecule has 1 fully saturated rings. The van der Waals surface area contributed by atoms with Crippen LogP contribution in [-0.4, -0.2) is 47.5 Å². The van der Waals surface area contributed by atoms with Gasteiger partial charge in [0.05, 0.1) is 6.26 Å². The van der Waals surface area contributed by atoms with E-state index >= 15 is 0 Å². The number of nitrogens with one attached hydrogen (secondary N) is 2. The molecular weight excluding hydrogens is 386 g/mol. The van der Waals surface area contributed by atoms with Crippen molar-refractivity contribution in [2.24, 2.45) is 0 Å². The van der Waals surface area contributed by atoms with Crippen molar-refractivity contribution in [1.82, 2.24) is 10.2 Å². The number of amides is 3. The standard InChI is InChI=1S/C22H27N3O5/c1-22(2,3)30-21(28)24-17-10-12-25(13-11-17)20(27)15-6-8-16(9-7-15)23-19(26)18-5-4-14-29-18/h4-9,14,17H,10-13H2,1-3H3,(H,23,26)(H,24,28). The first-order valence-corrected chi connectivity index (χ1v) is 9.95. The first kappa shape index (κ1) is 21.4. The van der Waals surface area contributed by atoms with Crippen molar-refractivity contribution in [1.29, 1.82) is 0 Å². The van der Waals surface area contributed by atoms with Gasteiger partial charge in [0.25, 0.3) is 11.8 Å². The molecule has 0 saturated carbocycles. The minimum Gasteiger partial charge on any atom is -0.459 e. The van der Waals surface area contributed by atoms with Crippen LogP contribution in [0, 0.1) is 0 Å². The van der Waals surface area contributed by atoms with Crippen molar-refractivity contribution >= 4 is 23.6 Å². The third-order valence-corrected chi connectivity index (χ3v) is 4.64. The molecule has 0 radical (unpaired) electrons. The monoisotopic (exact) mass is 413 g/mol. The highest BCUT2D eigenvalue weighted by atomic mass is 16.6. The fraction of sp³-hybridized carbons (Fsp3) is 0.409. The quantitative estimate of drug-likeness (QED) is 0.797. The first-order chi connectivity index (χ1) is 14.2. The van der Waals surface area contributed by atoms with Crippen LogP contribution in [-0.2, 0) is 4.74 Å². The number of rotatable bonds is 4. The van der Waals surface area contributed by atoms with E-state index in [0.29, 0.717) is 37.2 Å². The van der Waals surface area contributed by atoms with Crippen molar-refractivity contribution in [3.63, 3.8) is 0 Å². The van der Waals surface area contributed by atoms with Gasteiger partial charge in [0, 0.05) is 30.4 Å². The number of benzene rings is 1. The molecule has 2 heterocycles. The Hall–Kier alpha value is -3.29. The molecule has 0 atom stereocenters. The van der Waals surface area contributed by atoms with Crippen LogP contribution in [0.15, 0.2) is 47.1 Å². The minimum atomic E-state index is -0.537. The van der Waals surface area contributed by atoms with Gasteiger partial charge in [-0.3, -0.25) is 9.59 Å². The van der Waals surface area contributed by atoms with Gasteiger partial charge >= 0.3 is 6.09 Å². The van der Waals surface area contributed by atoms with Crippen molar-refractivity contribution in [3.05, 3.63) is 54.0 Å². The second kappa shape index (κ2) is 9.02. The van der Waals surface area contributed by atoms with Gasteiger partial charge in [-0.25, -0.2) is 4.79 Å². The number of anilines is 1. The average molecular weight is 413 g/mol. The van der Waals surface area contributed by atoms with Crippen molar-refractivity contribution in [2.45, 2.75) is 45.3 Å². The fourth-order valence-corrected chi connectivity index (χ4v) is 3.18. The van der Waals surface area contributed by atoms with E-state index in [1.807, 2.05) is 20.8 Å². The van der Waals surface area contributed by atoms with E-state index in [-0.39, 0.29) is 23.6 Å². The third-order valence-electron chi connectivity index (χ3n) is 4.64. The Bertz CT molecular complexity index is 876. The number of furan rings is 1. The Morgan fingerprint density at radius 1 is 1.07 bits per heavy atom. The van der Waals surface area contributed by atoms with Crippen LogP contribution in [0.1, 0.15) is 54.5 Å². The molecule has 3 amide bonds. The van der Waals surface area contributed by atoms with E-state index in [2.05, 4.69) is 10.6 Å². The maximum Gasteiger partial charge on any atom is 0.407 e. The van der Waals surface area contributed by atoms with E-state index in [4.69, 9.17) is 9.15 Å². The SMILES string of the molecule is CC(C)(C)OC(=O)NC1CCN(C(=O)c2ccc(NC(=O)c3ccco3)cc2)CC1. The molecule has 3 rings (SSSR count). The van der Waals surface area contributed by atoms with Gasteiger partial charge < -0.3 is 24.7 Å². The summed E-state index contributed by atoms with van der Waals surface area (Å²) in [7, 11) is 0. The lowest BCUT2D eigenvalue weighted by Gasteiger charge is -2.33. The second-order valence-electron chi connectivity index (χ2n) is 8.22. The maximum atomic E-state index is 12.7. The molecule has 8 nitrogen and oxygen atoms in total. The van der Waals surface area contributed by atoms with E-state index in [9.17, 15) is 14.4 Å². The molecule has 0 aliphatic carbocycles. The zero-order valence-electron chi connectivity index (χ0n) is 17.4. The summed E-state index contributed by atoms with van der Waals surface area (Å²) >= 11 is 0. The predicted octanol–water partition coefficient (Wildman–Crippen LogP) is 3.66. The molecule has 2 N–H and O–H groups in total. The van der Waals surface area contributed by atoms with Crippen LogP contribution in [0.3, 0.4) is 0 Å². The Morgan fingerprint density at radius 2 is 1.73 bits per heavy atom. The smallest absolute Gasteiger partial charge is 0.407 e. The number of hydrogen-bond donors (Lipinski definition) is 2. The van der Waals surface area contributed by atoms with Crippen LogP contribution in [0.25, 0.3) is 0 Å². The zero-order chi connectivity index (χ0) is 21.7. The lowest BCUT2D eigenvalue weighted by Crippen LogP contribution is -2.47. The molecule has 1 aliphatic rings. The Kier molecular flexibility index (Phi) is 6.44. The highest BCUT2D eigenvalue weighted by Gasteiger charge is 2.26. The van der Waals surface area contributed by atoms with Crippen LogP contribution in [0.2, 0.25) is 0 Å². The van der Waals surface area contributed by atoms with E-state index in [0.717, 1.165) is 0 Å². The van der Waals surface area contributed by atoms with Crippen LogP contribution < -0.4 is 10.6 Å². The predicted molar refractivity (Wildman–Crippen MR) is 111 cm³/mol. The summed E-state index contributed by atoms with van der Waals surface area (Å²) in [6.45, 7) is 6.57. The summed E-state index contributed by atoms with van der Waals surface area (Å²) in [6.07, 6.45) is 2.34. The topological polar surface area (TPSA) is 101 Å². The van der Waals surface area contributed by atoms with Crippen LogP contribution in [0.4, 0.5) is 10.5 Å². The zero-order valence-corrected chi connectivity index (χ0v) is 17.4. The molecular formula is C22H27N3O5. The fourth-order valence-electron chi connectivity index (χ4n) is 3.18. The highest BCUT2D eigenvalue weighted by Crippen LogP contribution is 2.17. The van der Waals surface area contributed by atoms with Crippen LogP contribution >= 0.6 is 0 Å². The Morgan fingerprint density at radius 3 is 2.30 bits per heavy atom. The molecule has 1 saturated heterocycles. The first-order valence-electron chi connectivity index (χ1n) is 9.95. The number of alkyl carbamates (subject to hydrolysis) is 1. The van der Waals surface area contributed by atoms with E-state index in [1.54, 1.807) is 41.3 Å². The van der Waals surface area contributed by atoms with Gasteiger partial charge in [-0.1, -0.05) is 0 Å². The maximum absolute atomic E-state index is 12.7. The average Bonchev–Trinajstić information content (AvgIpc) is 3.22. The van der Waals surface area contributed by atoms with Crippen molar-refractivity contribution in [2.75, 3.05) is 18.4 Å². The minimum absolute atomic E-state index is 0.0110. The third kappa shape index (κ3) is 5.85. The summed E-state index contributed by atoms with van der Waals surface area (Å²) in [5.74, 6) is -0.203. The summed E-state index contributed by atoms with van der Waals surface area (Å²) < 4.78 is 10.3. The molecule has 0 bridgehead atoms. The summed E-state index contributed by atoms with van der Waals surface area (Å²) in [4.78, 5) is 38.4. The lowest BCUT2D eigenvalue weighted by atomic mass is 10.0. The highest BCUT2D eigenvalue weighted by molar-refractivity contribution is 6.02. The number of hydrogen-bond acceptors (Lipinski definition) is 5. The van der Waals surface area contributed by atoms with E-state index in [1.165, 1.54) is 6.26 Å². The van der Waals surface area contributed by atoms with E-state index < -0.39 is 11.7 Å². The largest absolute Gasteiger partial charge is 0.459 e. The Labute approximate surface area is 175 Å². The van der Waals surface area contributed by atoms with Crippen molar-refractivity contribution in [3.8, 4) is 0 Å². The molecule has 1 aliphatic heterocycles. The number of piperidine rings is 1. The molecule has 160 valence electrons. The number of carbonyl (C=O) groups is 3. The molecule has 8 heteroatoms. The van der Waals surface area contributed by atoms with Crippen molar-refractivity contribution < 1.29 is 23.5 Å². The van der Waals surface area contributed by atoms with Gasteiger partial charge in [0.2, 0.25) is 0 Å². The molecule has 0 spiro atoms. The lowest BCUT2D eigenvalue weighted by molar-refractivity contribution is 0.0473. The summed E-state index contributed by atoms with van der Waals surface area (Å²) in [5.41, 5.74) is 0.586. The normalized spacial score (nSPS) is 14.8. The van der Waals surface area contributed by atoms with Gasteiger partial charge in [-0.2, -0.15) is 0 Å². The molecule has 1 aromatic heterocycles. The van der Waals surface area contributed by atoms with Crippen LogP contribution in [0.5, 0.6) is 0 Å².